The topological polar surface area (TPSA) is 70.8 Å². The third-order valence-corrected chi connectivity index (χ3v) is 2.81. The van der Waals surface area contributed by atoms with Crippen LogP contribution in [0.3, 0.4) is 0 Å². The van der Waals surface area contributed by atoms with Crippen LogP contribution in [-0.4, -0.2) is 39.4 Å². The van der Waals surface area contributed by atoms with Crippen molar-refractivity contribution in [2.75, 3.05) is 27.4 Å². The lowest BCUT2D eigenvalue weighted by atomic mass is 10.0. The Morgan fingerprint density at radius 3 is 2.63 bits per heavy atom. The number of carbonyl (C=O) groups excluding carboxylic acids is 1. The molecule has 0 radical (unpaired) electrons. The molecule has 106 valence electrons. The van der Waals surface area contributed by atoms with Crippen LogP contribution in [-0.2, 0) is 20.7 Å². The van der Waals surface area contributed by atoms with Crippen LogP contribution in [0.4, 0.5) is 0 Å². The molecule has 0 aliphatic carbocycles. The van der Waals surface area contributed by atoms with Crippen LogP contribution in [0.25, 0.3) is 0 Å². The van der Waals surface area contributed by atoms with Crippen molar-refractivity contribution in [3.63, 3.8) is 0 Å². The molecule has 1 unspecified atom stereocenters. The second kappa shape index (κ2) is 7.76. The largest absolute Gasteiger partial charge is 0.491 e. The van der Waals surface area contributed by atoms with Crippen molar-refractivity contribution < 1.29 is 19.0 Å². The van der Waals surface area contributed by atoms with E-state index in [1.165, 1.54) is 7.11 Å². The number of nitrogens with two attached hydrogens (primary N) is 1. The van der Waals surface area contributed by atoms with Gasteiger partial charge in [0.05, 0.1) is 13.7 Å². The minimum atomic E-state index is -0.635. The summed E-state index contributed by atoms with van der Waals surface area (Å²) in [4.78, 5) is 11.3. The highest BCUT2D eigenvalue weighted by Crippen LogP contribution is 2.18. The maximum absolute atomic E-state index is 11.3. The quantitative estimate of drug-likeness (QED) is 0.591. The Labute approximate surface area is 113 Å². The Kier molecular flexibility index (Phi) is 6.32. The number of hydrogen-bond donors (Lipinski definition) is 1. The number of methoxy groups -OCH3 is 2. The molecule has 1 atom stereocenters. The molecule has 0 fully saturated rings. The van der Waals surface area contributed by atoms with E-state index >= 15 is 0 Å². The van der Waals surface area contributed by atoms with E-state index in [-0.39, 0.29) is 0 Å². The predicted molar refractivity (Wildman–Crippen MR) is 72.2 cm³/mol. The first kappa shape index (κ1) is 15.5. The van der Waals surface area contributed by atoms with E-state index in [9.17, 15) is 4.79 Å². The van der Waals surface area contributed by atoms with E-state index in [1.54, 1.807) is 7.11 Å². The third-order valence-electron chi connectivity index (χ3n) is 2.81. The first-order chi connectivity index (χ1) is 9.08. The lowest BCUT2D eigenvalue weighted by Gasteiger charge is -2.13. The molecular weight excluding hydrogens is 246 g/mol. The Bertz CT molecular complexity index is 420. The lowest BCUT2D eigenvalue weighted by Crippen LogP contribution is -2.33. The summed E-state index contributed by atoms with van der Waals surface area (Å²) in [6, 6.07) is 5.07. The van der Waals surface area contributed by atoms with E-state index in [2.05, 4.69) is 4.74 Å². The number of benzene rings is 1. The summed E-state index contributed by atoms with van der Waals surface area (Å²) in [7, 11) is 2.97. The van der Waals surface area contributed by atoms with E-state index < -0.39 is 12.0 Å². The summed E-state index contributed by atoms with van der Waals surface area (Å²) in [6.07, 6.45) is 0.455. The van der Waals surface area contributed by atoms with Crippen molar-refractivity contribution in [1.29, 1.82) is 0 Å². The van der Waals surface area contributed by atoms with Gasteiger partial charge in [-0.1, -0.05) is 6.07 Å². The van der Waals surface area contributed by atoms with Gasteiger partial charge in [-0.15, -0.1) is 0 Å². The summed E-state index contributed by atoms with van der Waals surface area (Å²) < 4.78 is 15.0. The number of hydrogen-bond acceptors (Lipinski definition) is 5. The number of esters is 1. The standard InChI is InChI=1S/C14H21NO4/c1-10-8-12(19-7-6-17-2)5-4-11(10)9-13(15)14(16)18-3/h4-5,8,13H,6-7,9,15H2,1-3H3. The van der Waals surface area contributed by atoms with E-state index in [0.717, 1.165) is 16.9 Å². The van der Waals surface area contributed by atoms with E-state index in [4.69, 9.17) is 15.2 Å². The smallest absolute Gasteiger partial charge is 0.322 e. The van der Waals surface area contributed by atoms with E-state index in [0.29, 0.717) is 19.6 Å². The van der Waals surface area contributed by atoms with Gasteiger partial charge in [-0.05, 0) is 36.6 Å². The molecule has 0 saturated heterocycles. The maximum Gasteiger partial charge on any atom is 0.322 e. The third kappa shape index (κ3) is 4.89. The van der Waals surface area contributed by atoms with Crippen molar-refractivity contribution in [1.82, 2.24) is 0 Å². The van der Waals surface area contributed by atoms with Crippen molar-refractivity contribution in [3.05, 3.63) is 29.3 Å². The Hall–Kier alpha value is -1.59. The zero-order valence-corrected chi connectivity index (χ0v) is 11.6. The Morgan fingerprint density at radius 2 is 2.05 bits per heavy atom. The van der Waals surface area contributed by atoms with Crippen molar-refractivity contribution in [2.24, 2.45) is 5.73 Å². The molecule has 0 aliphatic heterocycles. The first-order valence-corrected chi connectivity index (χ1v) is 6.13. The SMILES string of the molecule is COCCOc1ccc(CC(N)C(=O)OC)c(C)c1. The molecule has 0 heterocycles. The van der Waals surface area contributed by atoms with Gasteiger partial charge in [0.25, 0.3) is 0 Å². The highest BCUT2D eigenvalue weighted by Gasteiger charge is 2.15. The monoisotopic (exact) mass is 267 g/mol. The van der Waals surface area contributed by atoms with Crippen LogP contribution in [0.2, 0.25) is 0 Å². The molecule has 1 aromatic rings. The average Bonchev–Trinajstić information content (AvgIpc) is 2.41. The van der Waals surface area contributed by atoms with Gasteiger partial charge in [0.15, 0.2) is 0 Å². The Morgan fingerprint density at radius 1 is 1.32 bits per heavy atom. The maximum atomic E-state index is 11.3. The van der Waals surface area contributed by atoms with Gasteiger partial charge >= 0.3 is 5.97 Å². The molecule has 5 nitrogen and oxygen atoms in total. The van der Waals surface area contributed by atoms with Crippen molar-refractivity contribution in [2.45, 2.75) is 19.4 Å². The van der Waals surface area contributed by atoms with Crippen LogP contribution in [0.5, 0.6) is 5.75 Å². The minimum Gasteiger partial charge on any atom is -0.491 e. The van der Waals surface area contributed by atoms with Gasteiger partial charge < -0.3 is 19.9 Å². The van der Waals surface area contributed by atoms with E-state index in [1.807, 2.05) is 25.1 Å². The summed E-state index contributed by atoms with van der Waals surface area (Å²) in [5.74, 6) is 0.379. The zero-order chi connectivity index (χ0) is 14.3. The molecule has 0 amide bonds. The fourth-order valence-corrected chi connectivity index (χ4v) is 1.70. The van der Waals surface area contributed by atoms with Crippen molar-refractivity contribution in [3.8, 4) is 5.75 Å². The molecule has 1 rings (SSSR count). The molecular formula is C14H21NO4. The number of carbonyl (C=O) groups is 1. The summed E-state index contributed by atoms with van der Waals surface area (Å²) in [6.45, 7) is 3.02. The molecule has 0 spiro atoms. The van der Waals surface area contributed by atoms with Gasteiger partial charge in [0, 0.05) is 7.11 Å². The molecule has 0 aliphatic rings. The molecule has 0 aromatic heterocycles. The van der Waals surface area contributed by atoms with Gasteiger partial charge in [-0.25, -0.2) is 0 Å². The summed E-state index contributed by atoms with van der Waals surface area (Å²) in [5.41, 5.74) is 7.79. The lowest BCUT2D eigenvalue weighted by molar-refractivity contribution is -0.142. The van der Waals surface area contributed by atoms with Crippen LogP contribution < -0.4 is 10.5 Å². The predicted octanol–water partition coefficient (Wildman–Crippen LogP) is 1.06. The highest BCUT2D eigenvalue weighted by molar-refractivity contribution is 5.75. The Balaban J connectivity index is 2.64. The van der Waals surface area contributed by atoms with Crippen LogP contribution in [0.15, 0.2) is 18.2 Å². The minimum absolute atomic E-state index is 0.403. The van der Waals surface area contributed by atoms with Crippen molar-refractivity contribution >= 4 is 5.97 Å². The normalized spacial score (nSPS) is 12.0. The molecule has 0 saturated carbocycles. The molecule has 5 heteroatoms. The van der Waals surface area contributed by atoms with Crippen LogP contribution in [0, 0.1) is 6.92 Å². The van der Waals surface area contributed by atoms with Gasteiger partial charge in [0.1, 0.15) is 18.4 Å². The second-order valence-electron chi connectivity index (χ2n) is 4.26. The van der Waals surface area contributed by atoms with Gasteiger partial charge in [-0.2, -0.15) is 0 Å². The number of ether oxygens (including phenoxy) is 3. The first-order valence-electron chi connectivity index (χ1n) is 6.13. The molecule has 0 bridgehead atoms. The fourth-order valence-electron chi connectivity index (χ4n) is 1.70. The van der Waals surface area contributed by atoms with Crippen LogP contribution >= 0.6 is 0 Å². The molecule has 1 aromatic carbocycles. The average molecular weight is 267 g/mol. The number of aryl methyl sites for hydroxylation is 1. The second-order valence-corrected chi connectivity index (χ2v) is 4.26. The van der Waals surface area contributed by atoms with Gasteiger partial charge in [-0.3, -0.25) is 4.79 Å². The fraction of sp³-hybridized carbons (Fsp3) is 0.500. The molecule has 19 heavy (non-hydrogen) atoms. The highest BCUT2D eigenvalue weighted by atomic mass is 16.5. The summed E-state index contributed by atoms with van der Waals surface area (Å²) in [5, 5.41) is 0. The number of rotatable bonds is 7. The zero-order valence-electron chi connectivity index (χ0n) is 11.6. The van der Waals surface area contributed by atoms with Gasteiger partial charge in [0.2, 0.25) is 0 Å². The molecule has 2 N–H and O–H groups in total. The summed E-state index contributed by atoms with van der Waals surface area (Å²) >= 11 is 0. The van der Waals surface area contributed by atoms with Crippen LogP contribution in [0.1, 0.15) is 11.1 Å².